The van der Waals surface area contributed by atoms with Crippen LogP contribution in [0.4, 0.5) is 15.3 Å². The first kappa shape index (κ1) is 44.5. The van der Waals surface area contributed by atoms with Crippen molar-refractivity contribution in [1.29, 1.82) is 0 Å². The van der Waals surface area contributed by atoms with Crippen LogP contribution in [0, 0.1) is 6.92 Å². The van der Waals surface area contributed by atoms with Crippen molar-refractivity contribution in [2.75, 3.05) is 18.4 Å². The van der Waals surface area contributed by atoms with Crippen LogP contribution in [0.1, 0.15) is 69.6 Å². The number of imide groups is 1. The molecule has 58 heavy (non-hydrogen) atoms. The number of aryl methyl sites for hydroxylation is 1. The molecule has 0 unspecified atom stereocenters. The molecule has 0 aliphatic heterocycles. The van der Waals surface area contributed by atoms with Crippen LogP contribution in [0.25, 0.3) is 10.9 Å². The number of aromatic nitrogens is 1. The zero-order valence-corrected chi connectivity index (χ0v) is 33.6. The summed E-state index contributed by atoms with van der Waals surface area (Å²) in [6.45, 7) is 7.18. The topological polar surface area (TPSA) is 231 Å². The van der Waals surface area contributed by atoms with E-state index in [9.17, 15) is 28.8 Å². The lowest BCUT2D eigenvalue weighted by atomic mass is 10.0. The van der Waals surface area contributed by atoms with Crippen molar-refractivity contribution in [2.45, 2.75) is 96.4 Å². The van der Waals surface area contributed by atoms with Crippen molar-refractivity contribution in [3.63, 3.8) is 0 Å². The molecule has 0 bridgehead atoms. The van der Waals surface area contributed by atoms with Gasteiger partial charge < -0.3 is 42.5 Å². The lowest BCUT2D eigenvalue weighted by Gasteiger charge is -2.33. The minimum atomic E-state index is -1.35. The van der Waals surface area contributed by atoms with Crippen LogP contribution in [0.15, 0.2) is 85.1 Å². The zero-order chi connectivity index (χ0) is 42.2. The van der Waals surface area contributed by atoms with Gasteiger partial charge in [0, 0.05) is 48.6 Å². The SMILES string of the molecule is Cc1ccccc1NC(=O)N(C(=O)[C@H](Cc1c[nH]c2ccccc12)NC(=O)OC(C)(C)C)[C@@H](CCCCN)C(=O)NCCCC(=O)N[C@@H](Cc1ccccc1)C(N)=O. The number of hydrogen-bond acceptors (Lipinski definition) is 8. The van der Waals surface area contributed by atoms with Gasteiger partial charge in [0.1, 0.15) is 23.7 Å². The number of nitrogens with two attached hydrogens (primary N) is 2. The zero-order valence-electron chi connectivity index (χ0n) is 33.6. The summed E-state index contributed by atoms with van der Waals surface area (Å²) in [7, 11) is 0. The number of ether oxygens (including phenoxy) is 1. The Morgan fingerprint density at radius 3 is 2.21 bits per heavy atom. The molecule has 4 rings (SSSR count). The van der Waals surface area contributed by atoms with Gasteiger partial charge >= 0.3 is 12.1 Å². The molecule has 0 saturated carbocycles. The quantitative estimate of drug-likeness (QED) is 0.0663. The largest absolute Gasteiger partial charge is 0.444 e. The number of carbonyl (C=O) groups is 6. The number of fused-ring (bicyclic) bond motifs is 1. The van der Waals surface area contributed by atoms with E-state index in [1.165, 1.54) is 0 Å². The minimum absolute atomic E-state index is 0.00986. The average molecular weight is 797 g/mol. The number of anilines is 1. The highest BCUT2D eigenvalue weighted by Gasteiger charge is 2.39. The molecule has 7 amide bonds. The number of nitrogens with one attached hydrogen (secondary N) is 5. The van der Waals surface area contributed by atoms with Crippen LogP contribution >= 0.6 is 0 Å². The van der Waals surface area contributed by atoms with E-state index in [-0.39, 0.29) is 38.6 Å². The van der Waals surface area contributed by atoms with Crippen LogP contribution in [0.5, 0.6) is 0 Å². The fraction of sp³-hybridized carbons (Fsp3) is 0.395. The number of para-hydroxylation sites is 2. The molecule has 0 radical (unpaired) electrons. The third-order valence-corrected chi connectivity index (χ3v) is 9.32. The summed E-state index contributed by atoms with van der Waals surface area (Å²) < 4.78 is 5.53. The highest BCUT2D eigenvalue weighted by Crippen LogP contribution is 2.23. The molecule has 0 spiro atoms. The number of hydrogen-bond donors (Lipinski definition) is 7. The Morgan fingerprint density at radius 2 is 1.52 bits per heavy atom. The number of carbonyl (C=O) groups excluding carboxylic acids is 6. The Hall–Kier alpha value is -6.22. The smallest absolute Gasteiger partial charge is 0.408 e. The van der Waals surface area contributed by atoms with Gasteiger partial charge in [0.25, 0.3) is 5.91 Å². The summed E-state index contributed by atoms with van der Waals surface area (Å²) in [5, 5.41) is 11.7. The fourth-order valence-electron chi connectivity index (χ4n) is 6.40. The number of H-pyrrole nitrogens is 1. The van der Waals surface area contributed by atoms with E-state index in [0.717, 1.165) is 26.9 Å². The second-order valence-corrected chi connectivity index (χ2v) is 15.1. The molecule has 0 fully saturated rings. The van der Waals surface area contributed by atoms with Crippen LogP contribution < -0.4 is 32.7 Å². The highest BCUT2D eigenvalue weighted by atomic mass is 16.6. The van der Waals surface area contributed by atoms with E-state index in [2.05, 4.69) is 26.3 Å². The third-order valence-electron chi connectivity index (χ3n) is 9.32. The third kappa shape index (κ3) is 13.5. The van der Waals surface area contributed by atoms with E-state index in [0.29, 0.717) is 30.6 Å². The van der Waals surface area contributed by atoms with Gasteiger partial charge in [-0.3, -0.25) is 19.2 Å². The van der Waals surface area contributed by atoms with Gasteiger partial charge in [-0.25, -0.2) is 14.5 Å². The van der Waals surface area contributed by atoms with Gasteiger partial charge in [0.15, 0.2) is 0 Å². The molecule has 0 saturated heterocycles. The molecule has 3 aromatic carbocycles. The molecule has 310 valence electrons. The van der Waals surface area contributed by atoms with E-state index >= 15 is 0 Å². The molecule has 15 heteroatoms. The second kappa shape index (κ2) is 21.3. The fourth-order valence-corrected chi connectivity index (χ4v) is 6.40. The number of aromatic amines is 1. The van der Waals surface area contributed by atoms with Gasteiger partial charge in [0.05, 0.1) is 0 Å². The monoisotopic (exact) mass is 796 g/mol. The number of amides is 7. The first-order chi connectivity index (χ1) is 27.7. The summed E-state index contributed by atoms with van der Waals surface area (Å²) in [6.07, 6.45) is 2.12. The van der Waals surface area contributed by atoms with Crippen molar-refractivity contribution in [3.8, 4) is 0 Å². The summed E-state index contributed by atoms with van der Waals surface area (Å²) in [4.78, 5) is 85.7. The van der Waals surface area contributed by atoms with Gasteiger partial charge in [0.2, 0.25) is 17.7 Å². The van der Waals surface area contributed by atoms with Gasteiger partial charge in [-0.2, -0.15) is 0 Å². The number of unbranched alkanes of at least 4 members (excludes halogenated alkanes) is 1. The van der Waals surface area contributed by atoms with Crippen molar-refractivity contribution in [2.24, 2.45) is 11.5 Å². The van der Waals surface area contributed by atoms with Gasteiger partial charge in [-0.15, -0.1) is 0 Å². The van der Waals surface area contributed by atoms with Crippen molar-refractivity contribution in [1.82, 2.24) is 25.8 Å². The van der Waals surface area contributed by atoms with Crippen LogP contribution in [-0.4, -0.2) is 82.5 Å². The Kier molecular flexibility index (Phi) is 16.4. The van der Waals surface area contributed by atoms with E-state index in [1.807, 2.05) is 54.6 Å². The van der Waals surface area contributed by atoms with E-state index in [4.69, 9.17) is 16.2 Å². The molecule has 0 aliphatic carbocycles. The van der Waals surface area contributed by atoms with E-state index in [1.54, 1.807) is 58.2 Å². The highest BCUT2D eigenvalue weighted by molar-refractivity contribution is 6.07. The normalized spacial score (nSPS) is 12.8. The van der Waals surface area contributed by atoms with Gasteiger partial charge in [-0.1, -0.05) is 66.7 Å². The molecule has 9 N–H and O–H groups in total. The molecule has 4 aromatic rings. The maximum atomic E-state index is 14.9. The van der Waals surface area contributed by atoms with Crippen molar-refractivity contribution >= 4 is 52.3 Å². The second-order valence-electron chi connectivity index (χ2n) is 15.1. The number of benzene rings is 3. The lowest BCUT2D eigenvalue weighted by Crippen LogP contribution is -2.59. The summed E-state index contributed by atoms with van der Waals surface area (Å²) >= 11 is 0. The molecule has 1 heterocycles. The minimum Gasteiger partial charge on any atom is -0.444 e. The number of rotatable bonds is 19. The molecule has 1 aromatic heterocycles. The van der Waals surface area contributed by atoms with Crippen molar-refractivity contribution in [3.05, 3.63) is 102 Å². The summed E-state index contributed by atoms with van der Waals surface area (Å²) in [5.74, 6) is -2.60. The summed E-state index contributed by atoms with van der Waals surface area (Å²) in [6, 6.07) is 19.1. The molecule has 3 atom stereocenters. The average Bonchev–Trinajstić information content (AvgIpc) is 3.58. The predicted molar refractivity (Wildman–Crippen MR) is 222 cm³/mol. The van der Waals surface area contributed by atoms with Crippen LogP contribution in [0.2, 0.25) is 0 Å². The first-order valence-electron chi connectivity index (χ1n) is 19.5. The first-order valence-corrected chi connectivity index (χ1v) is 19.5. The molecular formula is C43H56N8O7. The Balaban J connectivity index is 1.60. The number of urea groups is 1. The predicted octanol–water partition coefficient (Wildman–Crippen LogP) is 4.58. The van der Waals surface area contributed by atoms with Crippen LogP contribution in [0.3, 0.4) is 0 Å². The Morgan fingerprint density at radius 1 is 0.828 bits per heavy atom. The maximum absolute atomic E-state index is 14.9. The molecule has 0 aliphatic rings. The van der Waals surface area contributed by atoms with Crippen molar-refractivity contribution < 1.29 is 33.5 Å². The lowest BCUT2D eigenvalue weighted by molar-refractivity contribution is -0.138. The van der Waals surface area contributed by atoms with E-state index < -0.39 is 59.5 Å². The standard InChI is InChI=1S/C43H56N8O7/c1-28-15-8-10-19-32(28)49-41(56)51(40(55)35(50-42(57)58-43(2,3)4)26-30-27-47-33-20-11-9-18-31(30)33)36(21-12-13-23-44)39(54)46-24-14-22-37(52)48-34(38(45)53)25-29-16-6-5-7-17-29/h5-11,15-20,27,34-36,47H,12-14,21-26,44H2,1-4H3,(H2,45,53)(H,46,54)(H,48,52)(H,49,56)(H,50,57)/t34-,35-,36-/m0/s1. The summed E-state index contributed by atoms with van der Waals surface area (Å²) in [5.41, 5.74) is 13.9. The Labute approximate surface area is 339 Å². The van der Waals surface area contributed by atoms with Gasteiger partial charge in [-0.05, 0) is 88.7 Å². The number of primary amides is 1. The molecular weight excluding hydrogens is 741 g/mol. The number of alkyl carbamates (subject to hydrolysis) is 1. The molecule has 15 nitrogen and oxygen atoms in total. The number of nitrogens with zero attached hydrogens (tertiary/aromatic N) is 1. The van der Waals surface area contributed by atoms with Crippen LogP contribution in [-0.2, 0) is 36.8 Å². The maximum Gasteiger partial charge on any atom is 0.408 e. The Bertz CT molecular complexity index is 2030.